The number of nitrogens with zero attached hydrogens (tertiary/aromatic N) is 2. The van der Waals surface area contributed by atoms with E-state index in [1.165, 1.54) is 0 Å². The maximum Gasteiger partial charge on any atom is 0.328 e. The van der Waals surface area contributed by atoms with Crippen LogP contribution in [0.25, 0.3) is 0 Å². The molecule has 0 aromatic heterocycles. The summed E-state index contributed by atoms with van der Waals surface area (Å²) in [7, 11) is 0. The van der Waals surface area contributed by atoms with E-state index in [1.54, 1.807) is 0 Å². The van der Waals surface area contributed by atoms with Crippen molar-refractivity contribution in [2.24, 2.45) is 0 Å². The molecule has 0 aliphatic rings. The van der Waals surface area contributed by atoms with Gasteiger partial charge >= 0.3 is 6.03 Å². The van der Waals surface area contributed by atoms with Crippen molar-refractivity contribution in [1.29, 1.82) is 0 Å². The first-order valence-electron chi connectivity index (χ1n) is 7.97. The van der Waals surface area contributed by atoms with E-state index in [0.29, 0.717) is 0 Å². The predicted molar refractivity (Wildman–Crippen MR) is 93.6 cm³/mol. The molecule has 0 bridgehead atoms. The Balaban J connectivity index is 2.30. The first kappa shape index (κ1) is 16.1. The minimum atomic E-state index is 0.0427. The number of anilines is 2. The van der Waals surface area contributed by atoms with Crippen LogP contribution in [0.3, 0.4) is 0 Å². The zero-order chi connectivity index (χ0) is 15.8. The smallest absolute Gasteiger partial charge is 0.294 e. The highest BCUT2D eigenvalue weighted by molar-refractivity contribution is 6.03. The summed E-state index contributed by atoms with van der Waals surface area (Å²) in [4.78, 5) is 16.8. The molecule has 0 fully saturated rings. The van der Waals surface area contributed by atoms with E-state index in [-0.39, 0.29) is 6.03 Å². The fraction of sp³-hybridized carbons (Fsp3) is 0.316. The fourth-order valence-electron chi connectivity index (χ4n) is 2.48. The third-order valence-electron chi connectivity index (χ3n) is 3.49. The van der Waals surface area contributed by atoms with Gasteiger partial charge in [-0.3, -0.25) is 9.80 Å². The molecule has 0 unspecified atom stereocenters. The second-order valence-corrected chi connectivity index (χ2v) is 5.26. The van der Waals surface area contributed by atoms with Crippen molar-refractivity contribution in [3.8, 4) is 0 Å². The lowest BCUT2D eigenvalue weighted by Crippen LogP contribution is -2.44. The topological polar surface area (TPSA) is 23.6 Å². The quantitative estimate of drug-likeness (QED) is 0.740. The molecule has 0 atom stereocenters. The minimum Gasteiger partial charge on any atom is -0.294 e. The number of carbonyl (C=O) groups is 1. The Morgan fingerprint density at radius 1 is 0.727 bits per heavy atom. The lowest BCUT2D eigenvalue weighted by molar-refractivity contribution is 0.251. The second-order valence-electron chi connectivity index (χ2n) is 5.26. The summed E-state index contributed by atoms with van der Waals surface area (Å²) in [6, 6.07) is 19.8. The second kappa shape index (κ2) is 8.23. The van der Waals surface area contributed by atoms with Crippen LogP contribution in [0.2, 0.25) is 0 Å². The first-order valence-corrected chi connectivity index (χ1v) is 7.97. The van der Waals surface area contributed by atoms with Gasteiger partial charge in [-0.1, -0.05) is 50.2 Å². The summed E-state index contributed by atoms with van der Waals surface area (Å²) in [6.07, 6.45) is 1.85. The van der Waals surface area contributed by atoms with E-state index in [1.807, 2.05) is 70.5 Å². The Hall–Kier alpha value is -2.29. The van der Waals surface area contributed by atoms with Crippen molar-refractivity contribution in [3.63, 3.8) is 0 Å². The lowest BCUT2D eigenvalue weighted by atomic mass is 10.2. The average molecular weight is 296 g/mol. The van der Waals surface area contributed by atoms with Gasteiger partial charge < -0.3 is 0 Å². The zero-order valence-corrected chi connectivity index (χ0v) is 13.4. The molecule has 3 heteroatoms. The molecule has 0 saturated heterocycles. The van der Waals surface area contributed by atoms with Crippen molar-refractivity contribution < 1.29 is 4.79 Å². The van der Waals surface area contributed by atoms with Crippen LogP contribution in [0.1, 0.15) is 26.7 Å². The number of carbonyl (C=O) groups excluding carboxylic acids is 1. The van der Waals surface area contributed by atoms with Crippen molar-refractivity contribution in [2.45, 2.75) is 26.7 Å². The molecule has 0 saturated carbocycles. The maximum absolute atomic E-state index is 13.1. The third kappa shape index (κ3) is 3.88. The van der Waals surface area contributed by atoms with E-state index in [2.05, 4.69) is 13.8 Å². The van der Waals surface area contributed by atoms with Gasteiger partial charge in [-0.15, -0.1) is 0 Å². The highest BCUT2D eigenvalue weighted by Gasteiger charge is 2.22. The van der Waals surface area contributed by atoms with Crippen LogP contribution in [0, 0.1) is 0 Å². The van der Waals surface area contributed by atoms with Gasteiger partial charge in [0, 0.05) is 24.5 Å². The van der Waals surface area contributed by atoms with E-state index in [9.17, 15) is 4.79 Å². The van der Waals surface area contributed by atoms with E-state index in [0.717, 1.165) is 37.3 Å². The third-order valence-corrected chi connectivity index (χ3v) is 3.49. The largest absolute Gasteiger partial charge is 0.328 e. The monoisotopic (exact) mass is 296 g/mol. The van der Waals surface area contributed by atoms with Crippen LogP contribution in [0.4, 0.5) is 16.2 Å². The minimum absolute atomic E-state index is 0.0427. The fourth-order valence-corrected chi connectivity index (χ4v) is 2.48. The molecule has 2 aromatic carbocycles. The maximum atomic E-state index is 13.1. The molecule has 0 radical (unpaired) electrons. The molecule has 0 N–H and O–H groups in total. The average Bonchev–Trinajstić information content (AvgIpc) is 2.58. The number of rotatable bonds is 6. The molecular formula is C19H24N2O. The number of amides is 2. The summed E-state index contributed by atoms with van der Waals surface area (Å²) >= 11 is 0. The molecule has 2 rings (SSSR count). The number of benzene rings is 2. The number of hydrogen-bond donors (Lipinski definition) is 0. The van der Waals surface area contributed by atoms with Gasteiger partial charge in [0.2, 0.25) is 0 Å². The van der Waals surface area contributed by atoms with E-state index in [4.69, 9.17) is 0 Å². The van der Waals surface area contributed by atoms with Crippen LogP contribution in [0.5, 0.6) is 0 Å². The molecule has 22 heavy (non-hydrogen) atoms. The molecule has 0 spiro atoms. The summed E-state index contributed by atoms with van der Waals surface area (Å²) in [6.45, 7) is 5.62. The lowest BCUT2D eigenvalue weighted by Gasteiger charge is -2.30. The molecular weight excluding hydrogens is 272 g/mol. The van der Waals surface area contributed by atoms with Gasteiger partial charge in [-0.05, 0) is 37.1 Å². The molecule has 3 nitrogen and oxygen atoms in total. The summed E-state index contributed by atoms with van der Waals surface area (Å²) < 4.78 is 0. The van der Waals surface area contributed by atoms with Crippen LogP contribution in [-0.2, 0) is 0 Å². The van der Waals surface area contributed by atoms with Crippen molar-refractivity contribution in [2.75, 3.05) is 22.9 Å². The van der Waals surface area contributed by atoms with Gasteiger partial charge in [0.1, 0.15) is 0 Å². The van der Waals surface area contributed by atoms with Gasteiger partial charge in [0.15, 0.2) is 0 Å². The zero-order valence-electron chi connectivity index (χ0n) is 13.4. The first-order chi connectivity index (χ1) is 10.8. The van der Waals surface area contributed by atoms with Crippen LogP contribution in [0.15, 0.2) is 60.7 Å². The van der Waals surface area contributed by atoms with E-state index < -0.39 is 0 Å². The summed E-state index contributed by atoms with van der Waals surface area (Å²) in [5.41, 5.74) is 1.90. The molecule has 116 valence electrons. The Labute approximate surface area is 133 Å². The van der Waals surface area contributed by atoms with Crippen LogP contribution < -0.4 is 9.80 Å². The van der Waals surface area contributed by atoms with Crippen LogP contribution >= 0.6 is 0 Å². The molecule has 0 aliphatic heterocycles. The Kier molecular flexibility index (Phi) is 6.01. The summed E-state index contributed by atoms with van der Waals surface area (Å²) in [5.74, 6) is 0. The number of para-hydroxylation sites is 2. The van der Waals surface area contributed by atoms with Gasteiger partial charge in [-0.2, -0.15) is 0 Å². The van der Waals surface area contributed by atoms with Crippen molar-refractivity contribution >= 4 is 17.4 Å². The standard InChI is InChI=1S/C19H24N2O/c1-3-15-20(17-11-7-5-8-12-17)19(22)21(16-4-2)18-13-9-6-10-14-18/h5-14H,3-4,15-16H2,1-2H3. The molecule has 0 aliphatic carbocycles. The highest BCUT2D eigenvalue weighted by Crippen LogP contribution is 2.21. The van der Waals surface area contributed by atoms with Crippen molar-refractivity contribution in [3.05, 3.63) is 60.7 Å². The summed E-state index contributed by atoms with van der Waals surface area (Å²) in [5, 5.41) is 0. The predicted octanol–water partition coefficient (Wildman–Crippen LogP) is 4.94. The Morgan fingerprint density at radius 3 is 1.41 bits per heavy atom. The molecule has 2 aromatic rings. The van der Waals surface area contributed by atoms with Gasteiger partial charge in [-0.25, -0.2) is 4.79 Å². The van der Waals surface area contributed by atoms with Gasteiger partial charge in [0.25, 0.3) is 0 Å². The SMILES string of the molecule is CCCN(C(=O)N(CCC)c1ccccc1)c1ccccc1. The van der Waals surface area contributed by atoms with Crippen molar-refractivity contribution in [1.82, 2.24) is 0 Å². The molecule has 0 heterocycles. The normalized spacial score (nSPS) is 10.3. The van der Waals surface area contributed by atoms with E-state index >= 15 is 0 Å². The molecule has 2 amide bonds. The van der Waals surface area contributed by atoms with Gasteiger partial charge in [0.05, 0.1) is 0 Å². The highest BCUT2D eigenvalue weighted by atomic mass is 16.2. The number of hydrogen-bond acceptors (Lipinski definition) is 1. The Bertz CT molecular complexity index is 517. The Morgan fingerprint density at radius 2 is 1.09 bits per heavy atom. The number of urea groups is 1. The van der Waals surface area contributed by atoms with Crippen LogP contribution in [-0.4, -0.2) is 19.1 Å².